The molecule has 244 valence electrons. The number of hydrogen-bond acceptors (Lipinski definition) is 5. The minimum Gasteiger partial charge on any atom is -0.481 e. The van der Waals surface area contributed by atoms with E-state index < -0.39 is 44.8 Å². The Morgan fingerprint density at radius 3 is 2.00 bits per heavy atom. The Hall–Kier alpha value is -3.24. The zero-order valence-electron chi connectivity index (χ0n) is 27.5. The van der Waals surface area contributed by atoms with Crippen molar-refractivity contribution in [2.45, 2.75) is 103 Å². The third-order valence-corrected chi connectivity index (χ3v) is 9.34. The van der Waals surface area contributed by atoms with Crippen molar-refractivity contribution in [2.24, 2.45) is 17.3 Å². The van der Waals surface area contributed by atoms with Crippen molar-refractivity contribution in [3.63, 3.8) is 0 Å². The minimum atomic E-state index is -3.76. The van der Waals surface area contributed by atoms with Crippen LogP contribution in [0.4, 0.5) is 0 Å². The maximum absolute atomic E-state index is 13.6. The molecule has 0 saturated heterocycles. The molecule has 0 spiro atoms. The number of rotatable bonds is 15. The molecular formula is C34H51N3O6S. The summed E-state index contributed by atoms with van der Waals surface area (Å²) >= 11 is 0. The molecule has 0 unspecified atom stereocenters. The summed E-state index contributed by atoms with van der Waals surface area (Å²) in [5.74, 6) is -2.84. The lowest BCUT2D eigenvalue weighted by Crippen LogP contribution is -2.54. The van der Waals surface area contributed by atoms with Crippen LogP contribution in [0.15, 0.2) is 53.4 Å². The van der Waals surface area contributed by atoms with E-state index in [9.17, 15) is 27.9 Å². The lowest BCUT2D eigenvalue weighted by molar-refractivity contribution is -0.143. The van der Waals surface area contributed by atoms with E-state index in [1.807, 2.05) is 52.0 Å². The molecule has 0 radical (unpaired) electrons. The van der Waals surface area contributed by atoms with Gasteiger partial charge in [0.25, 0.3) is 0 Å². The van der Waals surface area contributed by atoms with Gasteiger partial charge >= 0.3 is 5.97 Å². The van der Waals surface area contributed by atoms with Gasteiger partial charge in [0, 0.05) is 24.1 Å². The molecule has 4 N–H and O–H groups in total. The van der Waals surface area contributed by atoms with Crippen molar-refractivity contribution in [3.05, 3.63) is 54.1 Å². The van der Waals surface area contributed by atoms with Crippen molar-refractivity contribution in [1.82, 2.24) is 15.4 Å². The van der Waals surface area contributed by atoms with Crippen LogP contribution in [0.2, 0.25) is 0 Å². The second-order valence-electron chi connectivity index (χ2n) is 13.6. The van der Waals surface area contributed by atoms with Crippen LogP contribution in [0.5, 0.6) is 0 Å². The molecule has 0 aliphatic rings. The highest BCUT2D eigenvalue weighted by atomic mass is 32.2. The summed E-state index contributed by atoms with van der Waals surface area (Å²) in [7, 11) is -2.24. The average molecular weight is 630 g/mol. The Morgan fingerprint density at radius 2 is 1.48 bits per heavy atom. The van der Waals surface area contributed by atoms with Crippen molar-refractivity contribution < 1.29 is 27.9 Å². The van der Waals surface area contributed by atoms with Crippen LogP contribution < -0.4 is 15.4 Å². The molecule has 2 aromatic rings. The standard InChI is InChI=1S/C34H51N3O6S/c1-9-10-13-26(32(40)41)22-25(30(38)36-29(31(39)35-8)33(2,3)4)21-18-23-16-19-24(20-17-23)27-14-11-12-15-28(27)44(42,43)37-34(5,6)7/h11-12,14-17,19-20,25-26,29,37H,9-10,13,18,21-22H2,1-8H3,(H,35,39)(H,36,38)(H,40,41)/t25-,26+,29-/m1/s1. The predicted molar refractivity (Wildman–Crippen MR) is 174 cm³/mol. The van der Waals surface area contributed by atoms with Gasteiger partial charge < -0.3 is 15.7 Å². The highest BCUT2D eigenvalue weighted by Crippen LogP contribution is 2.30. The van der Waals surface area contributed by atoms with E-state index in [0.29, 0.717) is 24.8 Å². The predicted octanol–water partition coefficient (Wildman–Crippen LogP) is 5.54. The van der Waals surface area contributed by atoms with Gasteiger partial charge in [0.05, 0.1) is 10.8 Å². The molecule has 3 atom stereocenters. The molecule has 0 saturated carbocycles. The van der Waals surface area contributed by atoms with Gasteiger partial charge in [-0.25, -0.2) is 13.1 Å². The summed E-state index contributed by atoms with van der Waals surface area (Å²) in [5, 5.41) is 15.4. The summed E-state index contributed by atoms with van der Waals surface area (Å²) in [5.41, 5.74) is 1.07. The third-order valence-electron chi connectivity index (χ3n) is 7.52. The number of carbonyl (C=O) groups is 3. The van der Waals surface area contributed by atoms with Crippen LogP contribution in [0.25, 0.3) is 11.1 Å². The topological polar surface area (TPSA) is 142 Å². The SMILES string of the molecule is CCCC[C@@H](C[C@@H](CCc1ccc(-c2ccccc2S(=O)(=O)NC(C)(C)C)cc1)C(=O)N[C@H](C(=O)NC)C(C)(C)C)C(=O)O. The van der Waals surface area contributed by atoms with Gasteiger partial charge in [-0.3, -0.25) is 14.4 Å². The number of benzene rings is 2. The molecule has 0 bridgehead atoms. The van der Waals surface area contributed by atoms with Crippen LogP contribution in [0.3, 0.4) is 0 Å². The number of aliphatic carboxylic acids is 1. The zero-order chi connectivity index (χ0) is 33.3. The van der Waals surface area contributed by atoms with E-state index in [1.54, 1.807) is 45.0 Å². The van der Waals surface area contributed by atoms with E-state index >= 15 is 0 Å². The number of nitrogens with one attached hydrogen (secondary N) is 3. The zero-order valence-corrected chi connectivity index (χ0v) is 28.3. The van der Waals surface area contributed by atoms with E-state index in [0.717, 1.165) is 24.0 Å². The van der Waals surface area contributed by atoms with Gasteiger partial charge in [-0.05, 0) is 69.1 Å². The molecule has 2 amide bonds. The van der Waals surface area contributed by atoms with Crippen LogP contribution in [-0.2, 0) is 30.8 Å². The Morgan fingerprint density at radius 1 is 0.864 bits per heavy atom. The summed E-state index contributed by atoms with van der Waals surface area (Å²) in [4.78, 5) is 38.5. The van der Waals surface area contributed by atoms with Gasteiger partial charge in [-0.2, -0.15) is 0 Å². The first-order valence-electron chi connectivity index (χ1n) is 15.4. The first-order valence-corrected chi connectivity index (χ1v) is 16.8. The molecular weight excluding hydrogens is 578 g/mol. The third kappa shape index (κ3) is 11.0. The Labute approximate surface area is 263 Å². The van der Waals surface area contributed by atoms with E-state index in [1.165, 1.54) is 7.05 Å². The van der Waals surface area contributed by atoms with Crippen LogP contribution >= 0.6 is 0 Å². The van der Waals surface area contributed by atoms with Gasteiger partial charge in [-0.1, -0.05) is 83.0 Å². The molecule has 0 aromatic heterocycles. The number of unbranched alkanes of at least 4 members (excludes halogenated alkanes) is 1. The van der Waals surface area contributed by atoms with Gasteiger partial charge in [0.2, 0.25) is 21.8 Å². The van der Waals surface area contributed by atoms with Crippen LogP contribution in [0.1, 0.15) is 86.1 Å². The number of amides is 2. The van der Waals surface area contributed by atoms with Crippen LogP contribution in [-0.4, -0.2) is 49.9 Å². The number of likely N-dealkylation sites (N-methyl/N-ethyl adjacent to an activating group) is 1. The second kappa shape index (κ2) is 15.7. The van der Waals surface area contributed by atoms with Crippen molar-refractivity contribution in [1.29, 1.82) is 0 Å². The minimum absolute atomic E-state index is 0.176. The fourth-order valence-corrected chi connectivity index (χ4v) is 6.81. The molecule has 2 rings (SSSR count). The van der Waals surface area contributed by atoms with E-state index in [4.69, 9.17) is 0 Å². The summed E-state index contributed by atoms with van der Waals surface area (Å²) in [6.07, 6.45) is 3.16. The van der Waals surface area contributed by atoms with Crippen molar-refractivity contribution >= 4 is 27.8 Å². The van der Waals surface area contributed by atoms with Crippen LogP contribution in [0, 0.1) is 17.3 Å². The molecule has 44 heavy (non-hydrogen) atoms. The van der Waals surface area contributed by atoms with E-state index in [-0.39, 0.29) is 23.1 Å². The summed E-state index contributed by atoms with van der Waals surface area (Å²) in [6, 6.07) is 13.6. The molecule has 9 nitrogen and oxygen atoms in total. The van der Waals surface area contributed by atoms with Gasteiger partial charge in [0.15, 0.2) is 0 Å². The fourth-order valence-electron chi connectivity index (χ4n) is 5.16. The number of aryl methyl sites for hydroxylation is 1. The van der Waals surface area contributed by atoms with Crippen molar-refractivity contribution in [2.75, 3.05) is 7.05 Å². The lowest BCUT2D eigenvalue weighted by Gasteiger charge is -2.31. The maximum Gasteiger partial charge on any atom is 0.306 e. The van der Waals surface area contributed by atoms with Crippen molar-refractivity contribution in [3.8, 4) is 11.1 Å². The molecule has 0 aliphatic heterocycles. The average Bonchev–Trinajstić information content (AvgIpc) is 2.93. The maximum atomic E-state index is 13.6. The largest absolute Gasteiger partial charge is 0.481 e. The first kappa shape index (κ1) is 36.9. The number of carboxylic acids is 1. The van der Waals surface area contributed by atoms with Gasteiger partial charge in [-0.15, -0.1) is 0 Å². The quantitative estimate of drug-likeness (QED) is 0.204. The lowest BCUT2D eigenvalue weighted by atomic mass is 9.83. The Kier molecular flexibility index (Phi) is 13.2. The van der Waals surface area contributed by atoms with Gasteiger partial charge in [0.1, 0.15) is 6.04 Å². The number of carboxylic acid groups (broad SMARTS) is 1. The smallest absolute Gasteiger partial charge is 0.306 e. The number of hydrogen-bond donors (Lipinski definition) is 4. The molecule has 10 heteroatoms. The normalized spacial score (nSPS) is 14.4. The Balaban J connectivity index is 2.33. The molecule has 0 heterocycles. The van der Waals surface area contributed by atoms with E-state index in [2.05, 4.69) is 15.4 Å². The molecule has 0 aliphatic carbocycles. The number of sulfonamides is 1. The number of carbonyl (C=O) groups excluding carboxylic acids is 2. The molecule has 2 aromatic carbocycles. The Bertz CT molecular complexity index is 1370. The first-order chi connectivity index (χ1) is 20.4. The fraction of sp³-hybridized carbons (Fsp3) is 0.559. The highest BCUT2D eigenvalue weighted by Gasteiger charge is 2.35. The monoisotopic (exact) mass is 629 g/mol. The second-order valence-corrected chi connectivity index (χ2v) is 15.3. The molecule has 0 fully saturated rings. The summed E-state index contributed by atoms with van der Waals surface area (Å²) < 4.78 is 29.0. The highest BCUT2D eigenvalue weighted by molar-refractivity contribution is 7.89. The summed E-state index contributed by atoms with van der Waals surface area (Å²) in [6.45, 7) is 13.0.